The van der Waals surface area contributed by atoms with Gasteiger partial charge in [0.05, 0.1) is 12.1 Å². The van der Waals surface area contributed by atoms with E-state index in [0.717, 1.165) is 22.3 Å². The van der Waals surface area contributed by atoms with Crippen molar-refractivity contribution in [3.63, 3.8) is 0 Å². The standard InChI is InChI=1S/C29H36N2O6/c1-18-25(15-10-16-30(18)27(34)37-29(3,4)5)31(19(2)26(32)33)28(35)36-17-24-22-13-8-6-11-20(22)21-12-7-9-14-23(21)24/h6-9,11-14,18-19,24-25H,10,15-17H2,1-5H3,(H,32,33)/t18-,19?,25-/m1/s1. The molecular weight excluding hydrogens is 472 g/mol. The van der Waals surface area contributed by atoms with E-state index >= 15 is 0 Å². The van der Waals surface area contributed by atoms with Crippen LogP contribution in [0.4, 0.5) is 9.59 Å². The van der Waals surface area contributed by atoms with Crippen LogP contribution in [0.1, 0.15) is 64.5 Å². The molecule has 0 spiro atoms. The molecule has 1 saturated heterocycles. The number of piperidine rings is 1. The van der Waals surface area contributed by atoms with Crippen LogP contribution in [0.15, 0.2) is 48.5 Å². The van der Waals surface area contributed by atoms with Crippen LogP contribution in [0, 0.1) is 0 Å². The summed E-state index contributed by atoms with van der Waals surface area (Å²) in [6.07, 6.45) is 0.00977. The lowest BCUT2D eigenvalue weighted by Crippen LogP contribution is -2.61. The van der Waals surface area contributed by atoms with Crippen LogP contribution in [0.5, 0.6) is 0 Å². The third kappa shape index (κ3) is 5.43. The first-order valence-electron chi connectivity index (χ1n) is 12.9. The highest BCUT2D eigenvalue weighted by atomic mass is 16.6. The molecule has 2 aromatic carbocycles. The van der Waals surface area contributed by atoms with Crippen LogP contribution in [-0.2, 0) is 14.3 Å². The number of aliphatic carboxylic acids is 1. The maximum atomic E-state index is 13.5. The van der Waals surface area contributed by atoms with Gasteiger partial charge in [0.1, 0.15) is 18.2 Å². The van der Waals surface area contributed by atoms with Gasteiger partial charge >= 0.3 is 18.2 Å². The number of hydrogen-bond acceptors (Lipinski definition) is 5. The Labute approximate surface area is 218 Å². The molecule has 2 amide bonds. The zero-order valence-electron chi connectivity index (χ0n) is 22.1. The van der Waals surface area contributed by atoms with E-state index in [1.807, 2.05) is 43.3 Å². The zero-order valence-corrected chi connectivity index (χ0v) is 22.1. The summed E-state index contributed by atoms with van der Waals surface area (Å²) >= 11 is 0. The molecule has 1 aliphatic carbocycles. The Morgan fingerprint density at radius 3 is 2.16 bits per heavy atom. The molecule has 1 unspecified atom stereocenters. The van der Waals surface area contributed by atoms with Gasteiger partial charge in [-0.15, -0.1) is 0 Å². The number of likely N-dealkylation sites (tertiary alicyclic amines) is 1. The number of nitrogens with zero attached hydrogens (tertiary/aromatic N) is 2. The van der Waals surface area contributed by atoms with E-state index < -0.39 is 41.9 Å². The zero-order chi connectivity index (χ0) is 26.9. The van der Waals surface area contributed by atoms with Crippen molar-refractivity contribution in [3.8, 4) is 11.1 Å². The molecule has 0 bridgehead atoms. The highest BCUT2D eigenvalue weighted by Crippen LogP contribution is 2.44. The number of fused-ring (bicyclic) bond motifs is 3. The second kappa shape index (κ2) is 10.4. The largest absolute Gasteiger partial charge is 0.480 e. The number of rotatable bonds is 5. The van der Waals surface area contributed by atoms with Crippen LogP contribution >= 0.6 is 0 Å². The Hall–Kier alpha value is -3.55. The van der Waals surface area contributed by atoms with Gasteiger partial charge in [-0.3, -0.25) is 4.90 Å². The molecule has 1 aliphatic heterocycles. The van der Waals surface area contributed by atoms with Crippen LogP contribution < -0.4 is 0 Å². The summed E-state index contributed by atoms with van der Waals surface area (Å²) in [6, 6.07) is 14.0. The van der Waals surface area contributed by atoms with Crippen molar-refractivity contribution in [3.05, 3.63) is 59.7 Å². The number of carbonyl (C=O) groups excluding carboxylic acids is 2. The van der Waals surface area contributed by atoms with Crippen molar-refractivity contribution in [2.75, 3.05) is 13.2 Å². The Bertz CT molecular complexity index is 1130. The Morgan fingerprint density at radius 2 is 1.62 bits per heavy atom. The molecule has 0 aromatic heterocycles. The predicted octanol–water partition coefficient (Wildman–Crippen LogP) is 5.50. The summed E-state index contributed by atoms with van der Waals surface area (Å²) in [7, 11) is 0. The topological polar surface area (TPSA) is 96.4 Å². The maximum absolute atomic E-state index is 13.5. The number of carboxylic acid groups (broad SMARTS) is 1. The number of benzene rings is 2. The SMILES string of the molecule is CC(C(=O)O)N(C(=O)OCC1c2ccccc2-c2ccccc21)[C@@H]1CCCN(C(=O)OC(C)(C)C)[C@@H]1C. The molecule has 37 heavy (non-hydrogen) atoms. The average Bonchev–Trinajstić information content (AvgIpc) is 3.16. The van der Waals surface area contributed by atoms with Crippen molar-refractivity contribution < 1.29 is 29.0 Å². The molecular formula is C29H36N2O6. The highest BCUT2D eigenvalue weighted by Gasteiger charge is 2.43. The van der Waals surface area contributed by atoms with E-state index in [4.69, 9.17) is 9.47 Å². The lowest BCUT2D eigenvalue weighted by Gasteiger charge is -2.45. The van der Waals surface area contributed by atoms with Crippen LogP contribution in [0.25, 0.3) is 11.1 Å². The van der Waals surface area contributed by atoms with Gasteiger partial charge in [0.25, 0.3) is 0 Å². The minimum atomic E-state index is -1.13. The summed E-state index contributed by atoms with van der Waals surface area (Å²) in [5, 5.41) is 9.83. The maximum Gasteiger partial charge on any atom is 0.410 e. The summed E-state index contributed by atoms with van der Waals surface area (Å²) in [5.74, 6) is -1.27. The number of ether oxygens (including phenoxy) is 2. The Kier molecular flexibility index (Phi) is 7.48. The van der Waals surface area contributed by atoms with Crippen LogP contribution in [0.3, 0.4) is 0 Å². The molecule has 0 saturated carbocycles. The summed E-state index contributed by atoms with van der Waals surface area (Å²) < 4.78 is 11.4. The van der Waals surface area contributed by atoms with E-state index in [2.05, 4.69) is 12.1 Å². The van der Waals surface area contributed by atoms with Crippen molar-refractivity contribution in [1.29, 1.82) is 0 Å². The first kappa shape index (κ1) is 26.5. The fourth-order valence-electron chi connectivity index (χ4n) is 5.44. The number of carbonyl (C=O) groups is 3. The van der Waals surface area contributed by atoms with Gasteiger partial charge in [0.15, 0.2) is 0 Å². The second-order valence-corrected chi connectivity index (χ2v) is 10.8. The lowest BCUT2D eigenvalue weighted by atomic mass is 9.95. The van der Waals surface area contributed by atoms with Gasteiger partial charge in [-0.25, -0.2) is 14.4 Å². The van der Waals surface area contributed by atoms with Gasteiger partial charge in [0, 0.05) is 12.5 Å². The molecule has 2 aliphatic rings. The molecule has 1 heterocycles. The molecule has 8 heteroatoms. The normalized spacial score (nSPS) is 20.0. The van der Waals surface area contributed by atoms with Crippen molar-refractivity contribution in [1.82, 2.24) is 9.80 Å². The summed E-state index contributed by atoms with van der Waals surface area (Å²) in [5.41, 5.74) is 3.73. The summed E-state index contributed by atoms with van der Waals surface area (Å²) in [6.45, 7) is 9.26. The Morgan fingerprint density at radius 1 is 1.05 bits per heavy atom. The predicted molar refractivity (Wildman–Crippen MR) is 139 cm³/mol. The second-order valence-electron chi connectivity index (χ2n) is 10.8. The van der Waals surface area contributed by atoms with E-state index in [9.17, 15) is 19.5 Å². The third-order valence-corrected chi connectivity index (χ3v) is 7.25. The van der Waals surface area contributed by atoms with E-state index in [0.29, 0.717) is 19.4 Å². The van der Waals surface area contributed by atoms with E-state index in [1.165, 1.54) is 11.8 Å². The van der Waals surface area contributed by atoms with Crippen LogP contribution in [0.2, 0.25) is 0 Å². The lowest BCUT2D eigenvalue weighted by molar-refractivity contribution is -0.143. The first-order chi connectivity index (χ1) is 17.5. The summed E-state index contributed by atoms with van der Waals surface area (Å²) in [4.78, 5) is 41.3. The van der Waals surface area contributed by atoms with Gasteiger partial charge in [-0.2, -0.15) is 0 Å². The third-order valence-electron chi connectivity index (χ3n) is 7.25. The molecule has 1 N–H and O–H groups in total. The number of hydrogen-bond donors (Lipinski definition) is 1. The minimum Gasteiger partial charge on any atom is -0.480 e. The highest BCUT2D eigenvalue weighted by molar-refractivity contribution is 5.81. The van der Waals surface area contributed by atoms with Crippen LogP contribution in [-0.4, -0.2) is 69.9 Å². The van der Waals surface area contributed by atoms with E-state index in [-0.39, 0.29) is 12.5 Å². The van der Waals surface area contributed by atoms with Gasteiger partial charge in [0.2, 0.25) is 0 Å². The molecule has 4 rings (SSSR count). The van der Waals surface area contributed by atoms with Gasteiger partial charge < -0.3 is 19.5 Å². The van der Waals surface area contributed by atoms with Crippen molar-refractivity contribution in [2.45, 2.75) is 77.1 Å². The average molecular weight is 509 g/mol. The fourth-order valence-corrected chi connectivity index (χ4v) is 5.44. The minimum absolute atomic E-state index is 0.0899. The molecule has 198 valence electrons. The monoisotopic (exact) mass is 508 g/mol. The smallest absolute Gasteiger partial charge is 0.410 e. The Balaban J connectivity index is 1.55. The molecule has 3 atom stereocenters. The van der Waals surface area contributed by atoms with Gasteiger partial charge in [-0.05, 0) is 69.7 Å². The molecule has 1 fully saturated rings. The number of carboxylic acids is 1. The quantitative estimate of drug-likeness (QED) is 0.573. The molecule has 0 radical (unpaired) electrons. The fraction of sp³-hybridized carbons (Fsp3) is 0.483. The van der Waals surface area contributed by atoms with Gasteiger partial charge in [-0.1, -0.05) is 48.5 Å². The van der Waals surface area contributed by atoms with E-state index in [1.54, 1.807) is 25.7 Å². The number of amides is 2. The molecule has 2 aromatic rings. The van der Waals surface area contributed by atoms with Crippen molar-refractivity contribution >= 4 is 18.2 Å². The molecule has 8 nitrogen and oxygen atoms in total. The van der Waals surface area contributed by atoms with Crippen molar-refractivity contribution in [2.24, 2.45) is 0 Å². The first-order valence-corrected chi connectivity index (χ1v) is 12.9.